The van der Waals surface area contributed by atoms with Crippen LogP contribution < -0.4 is 5.32 Å². The van der Waals surface area contributed by atoms with Gasteiger partial charge in [0.05, 0.1) is 17.9 Å². The summed E-state index contributed by atoms with van der Waals surface area (Å²) in [6, 6.07) is 0. The number of hydrogen-bond acceptors (Lipinski definition) is 3. The van der Waals surface area contributed by atoms with Crippen LogP contribution in [0.3, 0.4) is 0 Å². The molecule has 1 N–H and O–H groups in total. The summed E-state index contributed by atoms with van der Waals surface area (Å²) in [5.74, 6) is 0.471. The molecule has 0 saturated heterocycles. The number of aromatic nitrogens is 2. The molecule has 0 bridgehead atoms. The summed E-state index contributed by atoms with van der Waals surface area (Å²) in [6.07, 6.45) is 2.16. The third-order valence-electron chi connectivity index (χ3n) is 1.62. The summed E-state index contributed by atoms with van der Waals surface area (Å²) >= 11 is 11.4. The van der Waals surface area contributed by atoms with Gasteiger partial charge in [-0.2, -0.15) is 0 Å². The standard InChI is InChI=1S/C8H10Cl2FN3/c1-8(4-9,5-10)14-7-12-2-6(11)3-13-7/h2-3H,4-5H2,1H3,(H,12,13,14). The second-order valence-electron chi connectivity index (χ2n) is 3.18. The van der Waals surface area contributed by atoms with Gasteiger partial charge in [0.15, 0.2) is 5.82 Å². The highest BCUT2D eigenvalue weighted by molar-refractivity contribution is 6.22. The van der Waals surface area contributed by atoms with Crippen molar-refractivity contribution < 1.29 is 4.39 Å². The number of hydrogen-bond donors (Lipinski definition) is 1. The normalized spacial score (nSPS) is 11.4. The maximum Gasteiger partial charge on any atom is 0.223 e. The smallest absolute Gasteiger partial charge is 0.223 e. The van der Waals surface area contributed by atoms with Gasteiger partial charge in [-0.3, -0.25) is 0 Å². The van der Waals surface area contributed by atoms with Crippen molar-refractivity contribution in [1.82, 2.24) is 9.97 Å². The maximum absolute atomic E-state index is 12.5. The van der Waals surface area contributed by atoms with E-state index >= 15 is 0 Å². The fourth-order valence-electron chi connectivity index (χ4n) is 0.749. The Hall–Kier alpha value is -0.610. The lowest BCUT2D eigenvalue weighted by Crippen LogP contribution is -2.39. The number of rotatable bonds is 4. The van der Waals surface area contributed by atoms with E-state index in [0.717, 1.165) is 12.4 Å². The van der Waals surface area contributed by atoms with Crippen LogP contribution >= 0.6 is 23.2 Å². The molecule has 0 aromatic carbocycles. The van der Waals surface area contributed by atoms with Gasteiger partial charge < -0.3 is 5.32 Å². The predicted molar refractivity (Wildman–Crippen MR) is 55.5 cm³/mol. The lowest BCUT2D eigenvalue weighted by Gasteiger charge is -2.25. The molecule has 0 atom stereocenters. The lowest BCUT2D eigenvalue weighted by molar-refractivity contribution is 0.606. The molecule has 0 saturated carbocycles. The van der Waals surface area contributed by atoms with Crippen molar-refractivity contribution in [3.63, 3.8) is 0 Å². The maximum atomic E-state index is 12.5. The zero-order valence-electron chi connectivity index (χ0n) is 7.60. The molecular weight excluding hydrogens is 228 g/mol. The first-order valence-electron chi connectivity index (χ1n) is 3.97. The molecule has 1 rings (SSSR count). The quantitative estimate of drug-likeness (QED) is 0.817. The number of alkyl halides is 2. The molecule has 3 nitrogen and oxygen atoms in total. The van der Waals surface area contributed by atoms with Crippen LogP contribution in [0.1, 0.15) is 6.92 Å². The van der Waals surface area contributed by atoms with Gasteiger partial charge in [-0.15, -0.1) is 23.2 Å². The molecule has 14 heavy (non-hydrogen) atoms. The average Bonchev–Trinajstić information content (AvgIpc) is 2.21. The minimum absolute atomic E-state index is 0.315. The molecule has 6 heteroatoms. The molecule has 0 amide bonds. The van der Waals surface area contributed by atoms with Crippen LogP contribution in [0.2, 0.25) is 0 Å². The molecule has 0 fully saturated rings. The molecule has 1 heterocycles. The van der Waals surface area contributed by atoms with Gasteiger partial charge in [0.25, 0.3) is 0 Å². The molecule has 1 aromatic heterocycles. The van der Waals surface area contributed by atoms with Crippen molar-refractivity contribution in [2.45, 2.75) is 12.5 Å². The summed E-state index contributed by atoms with van der Waals surface area (Å²) in [4.78, 5) is 7.49. The van der Waals surface area contributed by atoms with Crippen molar-refractivity contribution in [2.75, 3.05) is 17.1 Å². The van der Waals surface area contributed by atoms with E-state index in [9.17, 15) is 4.39 Å². The van der Waals surface area contributed by atoms with Crippen molar-refractivity contribution >= 4 is 29.2 Å². The van der Waals surface area contributed by atoms with E-state index in [-0.39, 0.29) is 0 Å². The number of halogens is 3. The average molecular weight is 238 g/mol. The first kappa shape index (κ1) is 11.5. The van der Waals surface area contributed by atoms with Crippen LogP contribution in [0, 0.1) is 5.82 Å². The topological polar surface area (TPSA) is 37.8 Å². The van der Waals surface area contributed by atoms with Crippen molar-refractivity contribution in [1.29, 1.82) is 0 Å². The molecule has 0 radical (unpaired) electrons. The Morgan fingerprint density at radius 2 is 1.86 bits per heavy atom. The number of anilines is 1. The Balaban J connectivity index is 2.72. The molecule has 0 unspecified atom stereocenters. The number of nitrogens with one attached hydrogen (secondary N) is 1. The molecule has 78 valence electrons. The SMILES string of the molecule is CC(CCl)(CCl)Nc1ncc(F)cn1. The van der Waals surface area contributed by atoms with E-state index < -0.39 is 11.4 Å². The summed E-state index contributed by atoms with van der Waals surface area (Å²) in [5, 5.41) is 2.93. The minimum Gasteiger partial charge on any atom is -0.347 e. The zero-order valence-corrected chi connectivity index (χ0v) is 9.11. The van der Waals surface area contributed by atoms with Crippen LogP contribution in [-0.4, -0.2) is 27.3 Å². The molecule has 1 aromatic rings. The summed E-state index contributed by atoms with van der Waals surface area (Å²) in [5.41, 5.74) is -0.485. The fourth-order valence-corrected chi connectivity index (χ4v) is 1.17. The second kappa shape index (κ2) is 4.75. The van der Waals surface area contributed by atoms with E-state index in [1.54, 1.807) is 0 Å². The largest absolute Gasteiger partial charge is 0.347 e. The second-order valence-corrected chi connectivity index (χ2v) is 3.71. The molecule has 0 aliphatic carbocycles. The summed E-state index contributed by atoms with van der Waals surface area (Å²) < 4.78 is 12.5. The van der Waals surface area contributed by atoms with Crippen molar-refractivity contribution in [3.8, 4) is 0 Å². The third-order valence-corrected chi connectivity index (χ3v) is 2.80. The van der Waals surface area contributed by atoms with Crippen LogP contribution in [0.4, 0.5) is 10.3 Å². The zero-order chi connectivity index (χ0) is 10.6. The Labute approximate surface area is 91.7 Å². The van der Waals surface area contributed by atoms with Gasteiger partial charge in [0.2, 0.25) is 5.95 Å². The van der Waals surface area contributed by atoms with Gasteiger partial charge in [0, 0.05) is 11.8 Å². The first-order chi connectivity index (χ1) is 6.59. The molecule has 0 aliphatic rings. The van der Waals surface area contributed by atoms with E-state index in [2.05, 4.69) is 15.3 Å². The van der Waals surface area contributed by atoms with Crippen molar-refractivity contribution in [3.05, 3.63) is 18.2 Å². The Bertz CT molecular complexity index is 287. The van der Waals surface area contributed by atoms with Gasteiger partial charge in [0.1, 0.15) is 0 Å². The minimum atomic E-state index is -0.485. The third kappa shape index (κ3) is 2.96. The van der Waals surface area contributed by atoms with E-state index in [4.69, 9.17) is 23.2 Å². The Morgan fingerprint density at radius 1 is 1.36 bits per heavy atom. The van der Waals surface area contributed by atoms with Crippen LogP contribution in [0.5, 0.6) is 0 Å². The van der Waals surface area contributed by atoms with Crippen molar-refractivity contribution in [2.24, 2.45) is 0 Å². The highest BCUT2D eigenvalue weighted by Gasteiger charge is 2.22. The lowest BCUT2D eigenvalue weighted by atomic mass is 10.1. The monoisotopic (exact) mass is 237 g/mol. The van der Waals surface area contributed by atoms with Gasteiger partial charge in [-0.25, -0.2) is 14.4 Å². The number of nitrogens with zero attached hydrogens (tertiary/aromatic N) is 2. The summed E-state index contributed by atoms with van der Waals surface area (Å²) in [6.45, 7) is 1.83. The van der Waals surface area contributed by atoms with E-state index in [0.29, 0.717) is 17.7 Å². The van der Waals surface area contributed by atoms with Gasteiger partial charge in [-0.05, 0) is 6.92 Å². The Morgan fingerprint density at radius 3 is 2.29 bits per heavy atom. The van der Waals surface area contributed by atoms with Gasteiger partial charge >= 0.3 is 0 Å². The van der Waals surface area contributed by atoms with E-state index in [1.807, 2.05) is 6.92 Å². The molecule has 0 aliphatic heterocycles. The fraction of sp³-hybridized carbons (Fsp3) is 0.500. The predicted octanol–water partition coefficient (Wildman–Crippen LogP) is 2.26. The van der Waals surface area contributed by atoms with Crippen LogP contribution in [0.25, 0.3) is 0 Å². The van der Waals surface area contributed by atoms with Crippen LogP contribution in [-0.2, 0) is 0 Å². The molecular formula is C8H10Cl2FN3. The summed E-state index contributed by atoms with van der Waals surface area (Å²) in [7, 11) is 0. The van der Waals surface area contributed by atoms with Gasteiger partial charge in [-0.1, -0.05) is 0 Å². The van der Waals surface area contributed by atoms with E-state index in [1.165, 1.54) is 0 Å². The van der Waals surface area contributed by atoms with Crippen LogP contribution in [0.15, 0.2) is 12.4 Å². The molecule has 0 spiro atoms. The highest BCUT2D eigenvalue weighted by atomic mass is 35.5. The first-order valence-corrected chi connectivity index (χ1v) is 5.04. The Kier molecular flexibility index (Phi) is 3.89. The highest BCUT2D eigenvalue weighted by Crippen LogP contribution is 2.14.